The topological polar surface area (TPSA) is 79.0 Å². The summed E-state index contributed by atoms with van der Waals surface area (Å²) in [5, 5.41) is 5.50. The Labute approximate surface area is 184 Å². The van der Waals surface area contributed by atoms with Crippen molar-refractivity contribution in [2.45, 2.75) is 18.9 Å². The van der Waals surface area contributed by atoms with Crippen LogP contribution in [-0.2, 0) is 14.3 Å². The summed E-state index contributed by atoms with van der Waals surface area (Å²) in [6.07, 6.45) is 1.59. The van der Waals surface area contributed by atoms with E-state index in [1.165, 1.54) is 18.4 Å². The molecule has 2 heterocycles. The zero-order chi connectivity index (χ0) is 21.8. The normalized spacial score (nSPS) is 16.3. The van der Waals surface area contributed by atoms with Crippen molar-refractivity contribution in [2.75, 3.05) is 39.6 Å². The van der Waals surface area contributed by atoms with Gasteiger partial charge in [-0.3, -0.25) is 14.5 Å². The molecular formula is C21H24ClN3O4S. The van der Waals surface area contributed by atoms with Gasteiger partial charge in [-0.1, -0.05) is 29.8 Å². The van der Waals surface area contributed by atoms with E-state index in [-0.39, 0.29) is 30.0 Å². The second kappa shape index (κ2) is 9.59. The molecule has 9 heteroatoms. The van der Waals surface area contributed by atoms with Gasteiger partial charge in [0.25, 0.3) is 0 Å². The molecule has 1 aromatic carbocycles. The van der Waals surface area contributed by atoms with Crippen LogP contribution in [0.15, 0.2) is 29.6 Å². The lowest BCUT2D eigenvalue weighted by molar-refractivity contribution is -0.133. The molecule has 1 aliphatic rings. The molecule has 0 bridgehead atoms. The second-order valence-electron chi connectivity index (χ2n) is 7.23. The van der Waals surface area contributed by atoms with Gasteiger partial charge in [0.1, 0.15) is 10.6 Å². The Kier molecular flexibility index (Phi) is 7.12. The maximum absolute atomic E-state index is 12.7. The smallest absolute Gasteiger partial charge is 0.341 e. The van der Waals surface area contributed by atoms with E-state index in [0.29, 0.717) is 27.7 Å². The van der Waals surface area contributed by atoms with Gasteiger partial charge in [-0.25, -0.2) is 4.79 Å². The highest BCUT2D eigenvalue weighted by Gasteiger charge is 2.33. The molecule has 0 radical (unpaired) electrons. The minimum absolute atomic E-state index is 0.00678. The summed E-state index contributed by atoms with van der Waals surface area (Å²) in [5.41, 5.74) is 1.56. The van der Waals surface area contributed by atoms with Crippen LogP contribution in [0.4, 0.5) is 5.00 Å². The molecule has 0 saturated carbocycles. The van der Waals surface area contributed by atoms with Gasteiger partial charge >= 0.3 is 5.97 Å². The van der Waals surface area contributed by atoms with E-state index < -0.39 is 5.97 Å². The van der Waals surface area contributed by atoms with Crippen molar-refractivity contribution in [3.8, 4) is 11.1 Å². The number of amides is 2. The van der Waals surface area contributed by atoms with E-state index in [0.717, 1.165) is 12.8 Å². The largest absolute Gasteiger partial charge is 0.465 e. The number of methoxy groups -OCH3 is 1. The Bertz CT molecular complexity index is 959. The summed E-state index contributed by atoms with van der Waals surface area (Å²) < 4.78 is 4.94. The third-order valence-corrected chi connectivity index (χ3v) is 6.26. The van der Waals surface area contributed by atoms with E-state index in [9.17, 15) is 14.4 Å². The maximum Gasteiger partial charge on any atom is 0.341 e. The fourth-order valence-electron chi connectivity index (χ4n) is 3.58. The quantitative estimate of drug-likeness (QED) is 0.684. The van der Waals surface area contributed by atoms with Gasteiger partial charge < -0.3 is 15.0 Å². The van der Waals surface area contributed by atoms with E-state index in [1.807, 2.05) is 17.0 Å². The molecule has 1 aromatic heterocycles. The molecule has 1 fully saturated rings. The van der Waals surface area contributed by atoms with E-state index in [4.69, 9.17) is 16.3 Å². The number of anilines is 1. The molecule has 0 spiro atoms. The summed E-state index contributed by atoms with van der Waals surface area (Å²) in [4.78, 5) is 41.0. The van der Waals surface area contributed by atoms with Crippen LogP contribution in [-0.4, -0.2) is 67.9 Å². The van der Waals surface area contributed by atoms with E-state index in [2.05, 4.69) is 5.32 Å². The molecule has 30 heavy (non-hydrogen) atoms. The van der Waals surface area contributed by atoms with Crippen LogP contribution in [0.2, 0.25) is 5.02 Å². The maximum atomic E-state index is 12.7. The molecule has 1 unspecified atom stereocenters. The van der Waals surface area contributed by atoms with Gasteiger partial charge in [-0.15, -0.1) is 11.3 Å². The first-order valence-corrected chi connectivity index (χ1v) is 10.8. The lowest BCUT2D eigenvalue weighted by Crippen LogP contribution is -2.45. The molecule has 1 N–H and O–H groups in total. The molecule has 7 nitrogen and oxygen atoms in total. The molecule has 1 aliphatic heterocycles. The zero-order valence-electron chi connectivity index (χ0n) is 17.1. The van der Waals surface area contributed by atoms with Crippen LogP contribution in [0.5, 0.6) is 0 Å². The number of carbonyl (C=O) groups excluding carboxylic acids is 3. The first-order chi connectivity index (χ1) is 14.3. The van der Waals surface area contributed by atoms with Crippen LogP contribution >= 0.6 is 22.9 Å². The first kappa shape index (κ1) is 22.3. The van der Waals surface area contributed by atoms with Crippen molar-refractivity contribution in [1.29, 1.82) is 0 Å². The van der Waals surface area contributed by atoms with Gasteiger partial charge in [0.2, 0.25) is 11.8 Å². The fraction of sp³-hybridized carbons (Fsp3) is 0.381. The average Bonchev–Trinajstić information content (AvgIpc) is 3.34. The van der Waals surface area contributed by atoms with Crippen molar-refractivity contribution < 1.29 is 19.1 Å². The molecular weight excluding hydrogens is 426 g/mol. The molecule has 1 atom stereocenters. The number of hydrogen-bond donors (Lipinski definition) is 1. The van der Waals surface area contributed by atoms with Crippen LogP contribution in [0.3, 0.4) is 0 Å². The Morgan fingerprint density at radius 2 is 2.00 bits per heavy atom. The van der Waals surface area contributed by atoms with E-state index in [1.54, 1.807) is 36.5 Å². The van der Waals surface area contributed by atoms with Gasteiger partial charge in [0, 0.05) is 35.6 Å². The Hall–Kier alpha value is -2.42. The summed E-state index contributed by atoms with van der Waals surface area (Å²) in [6, 6.07) is 6.88. The number of ether oxygens (including phenoxy) is 1. The Balaban J connectivity index is 1.81. The number of esters is 1. The third kappa shape index (κ3) is 4.66. The Morgan fingerprint density at radius 1 is 1.27 bits per heavy atom. The van der Waals surface area contributed by atoms with Crippen molar-refractivity contribution in [2.24, 2.45) is 0 Å². The lowest BCUT2D eigenvalue weighted by Gasteiger charge is -2.25. The van der Waals surface area contributed by atoms with Crippen LogP contribution in [0, 0.1) is 0 Å². The monoisotopic (exact) mass is 449 g/mol. The van der Waals surface area contributed by atoms with Crippen LogP contribution in [0.1, 0.15) is 23.2 Å². The molecule has 3 rings (SSSR count). The predicted molar refractivity (Wildman–Crippen MR) is 118 cm³/mol. The fourth-order valence-corrected chi connectivity index (χ4v) is 4.78. The van der Waals surface area contributed by atoms with Crippen molar-refractivity contribution in [3.63, 3.8) is 0 Å². The minimum atomic E-state index is -0.552. The lowest BCUT2D eigenvalue weighted by atomic mass is 10.0. The van der Waals surface area contributed by atoms with Crippen LogP contribution in [0.25, 0.3) is 11.1 Å². The highest BCUT2D eigenvalue weighted by atomic mass is 35.5. The molecule has 1 saturated heterocycles. The molecule has 160 valence electrons. The number of likely N-dealkylation sites (N-methyl/N-ethyl adjacent to an activating group) is 1. The van der Waals surface area contributed by atoms with Gasteiger partial charge in [0.15, 0.2) is 0 Å². The number of likely N-dealkylation sites (tertiary alicyclic amines) is 1. The van der Waals surface area contributed by atoms with Crippen molar-refractivity contribution >= 4 is 45.7 Å². The van der Waals surface area contributed by atoms with Crippen LogP contribution < -0.4 is 5.32 Å². The second-order valence-corrected chi connectivity index (χ2v) is 8.52. The number of halogens is 1. The van der Waals surface area contributed by atoms with E-state index >= 15 is 0 Å². The number of nitrogens with one attached hydrogen (secondary N) is 1. The van der Waals surface area contributed by atoms with Gasteiger partial charge in [-0.05, 0) is 25.5 Å². The summed E-state index contributed by atoms with van der Waals surface area (Å²) >= 11 is 7.54. The number of carbonyl (C=O) groups is 3. The van der Waals surface area contributed by atoms with Gasteiger partial charge in [0.05, 0.1) is 19.7 Å². The highest BCUT2D eigenvalue weighted by molar-refractivity contribution is 7.15. The number of nitrogens with zero attached hydrogens (tertiary/aromatic N) is 2. The number of rotatable bonds is 6. The number of hydrogen-bond acceptors (Lipinski definition) is 6. The highest BCUT2D eigenvalue weighted by Crippen LogP contribution is 2.39. The summed E-state index contributed by atoms with van der Waals surface area (Å²) in [5.74, 6) is -0.845. The van der Waals surface area contributed by atoms with Crippen molar-refractivity contribution in [3.05, 3.63) is 40.2 Å². The molecule has 0 aliphatic carbocycles. The minimum Gasteiger partial charge on any atom is -0.465 e. The van der Waals surface area contributed by atoms with Gasteiger partial charge in [-0.2, -0.15) is 0 Å². The standard InChI is InChI=1S/C21H24ClN3O4S/c1-24(2)20(27)16-9-6-10-25(16)11-17(26)23-19-18(21(28)29-3)14(12-30-19)13-7-4-5-8-15(13)22/h4-5,7-8,12,16H,6,9-11H2,1-3H3,(H,23,26). The third-order valence-electron chi connectivity index (χ3n) is 5.03. The first-order valence-electron chi connectivity index (χ1n) is 9.53. The number of benzene rings is 1. The van der Waals surface area contributed by atoms with Crippen molar-refractivity contribution in [1.82, 2.24) is 9.80 Å². The molecule has 2 aromatic rings. The average molecular weight is 450 g/mol. The summed E-state index contributed by atoms with van der Waals surface area (Å²) in [7, 11) is 4.72. The number of thiophene rings is 1. The molecule has 2 amide bonds. The summed E-state index contributed by atoms with van der Waals surface area (Å²) in [6.45, 7) is 0.751. The SMILES string of the molecule is COC(=O)c1c(-c2ccccc2Cl)csc1NC(=O)CN1CCCC1C(=O)N(C)C. The zero-order valence-corrected chi connectivity index (χ0v) is 18.7. The predicted octanol–water partition coefficient (Wildman–Crippen LogP) is 3.35. The Morgan fingerprint density at radius 3 is 2.67 bits per heavy atom.